The highest BCUT2D eigenvalue weighted by molar-refractivity contribution is 7.99. The summed E-state index contributed by atoms with van der Waals surface area (Å²) in [6, 6.07) is 8.14. The Balaban J connectivity index is 2.46. The monoisotopic (exact) mass is 214 g/mol. The molecule has 0 heterocycles. The summed E-state index contributed by atoms with van der Waals surface area (Å²) in [6.45, 7) is 0. The average Bonchev–Trinajstić information content (AvgIpc) is 2.19. The van der Waals surface area contributed by atoms with Gasteiger partial charge in [0.15, 0.2) is 0 Å². The van der Waals surface area contributed by atoms with Gasteiger partial charge in [0.1, 0.15) is 5.75 Å². The first-order valence-corrected chi connectivity index (χ1v) is 5.86. The maximum absolute atomic E-state index is 5.13. The van der Waals surface area contributed by atoms with E-state index in [-0.39, 0.29) is 0 Å². The highest BCUT2D eigenvalue weighted by Crippen LogP contribution is 2.23. The number of thioether (sulfide) groups is 1. The maximum Gasteiger partial charge on any atom is 0.119 e. The minimum absolute atomic E-state index is 0.927. The van der Waals surface area contributed by atoms with Crippen LogP contribution in [0.25, 0.3) is 0 Å². The molecule has 1 nitrogen and oxygen atoms in total. The van der Waals surface area contributed by atoms with E-state index in [1.54, 1.807) is 7.11 Å². The Labute approximate surface area is 89.3 Å². The van der Waals surface area contributed by atoms with E-state index in [0.717, 1.165) is 23.7 Å². The Kier molecular flexibility index (Phi) is 5.16. The predicted molar refractivity (Wildman–Crippen MR) is 62.2 cm³/mol. The van der Waals surface area contributed by atoms with Crippen molar-refractivity contribution in [2.75, 3.05) is 18.6 Å². The van der Waals surface area contributed by atoms with Gasteiger partial charge >= 0.3 is 0 Å². The molecule has 0 bridgehead atoms. The average molecular weight is 214 g/mol. The summed E-state index contributed by atoms with van der Waals surface area (Å²) < 4.78 is 5.13. The van der Waals surface area contributed by atoms with Crippen molar-refractivity contribution in [2.24, 2.45) is 0 Å². The van der Waals surface area contributed by atoms with Gasteiger partial charge in [-0.15, -0.1) is 11.8 Å². The molecular weight excluding hydrogens is 200 g/mol. The van der Waals surface area contributed by atoms with Gasteiger partial charge in [-0.25, -0.2) is 0 Å². The molecule has 0 aliphatic heterocycles. The van der Waals surface area contributed by atoms with Crippen molar-refractivity contribution in [3.8, 4) is 5.75 Å². The minimum Gasteiger partial charge on any atom is -0.497 e. The molecule has 0 atom stereocenters. The van der Waals surface area contributed by atoms with E-state index < -0.39 is 0 Å². The molecule has 0 spiro atoms. The summed E-state index contributed by atoms with van der Waals surface area (Å²) >= 11 is 6.01. The maximum atomic E-state index is 5.13. The third-order valence-corrected chi connectivity index (χ3v) is 3.01. The fraction of sp³-hybridized carbons (Fsp3) is 0.400. The number of hydrogen-bond acceptors (Lipinski definition) is 3. The smallest absolute Gasteiger partial charge is 0.119 e. The number of benzene rings is 1. The van der Waals surface area contributed by atoms with Crippen LogP contribution in [0.1, 0.15) is 6.42 Å². The van der Waals surface area contributed by atoms with Gasteiger partial charge in [-0.05, 0) is 36.1 Å². The molecule has 0 saturated heterocycles. The molecule has 72 valence electrons. The molecule has 13 heavy (non-hydrogen) atoms. The molecule has 1 rings (SSSR count). The third kappa shape index (κ3) is 3.96. The van der Waals surface area contributed by atoms with Gasteiger partial charge in [0.25, 0.3) is 0 Å². The van der Waals surface area contributed by atoms with Crippen molar-refractivity contribution in [1.29, 1.82) is 0 Å². The number of ether oxygens (including phenoxy) is 1. The first-order chi connectivity index (χ1) is 6.36. The zero-order chi connectivity index (χ0) is 9.52. The van der Waals surface area contributed by atoms with Gasteiger partial charge in [0.2, 0.25) is 0 Å². The second-order valence-corrected chi connectivity index (χ2v) is 4.22. The molecule has 0 aliphatic rings. The van der Waals surface area contributed by atoms with Crippen LogP contribution in [0.2, 0.25) is 0 Å². The topological polar surface area (TPSA) is 9.23 Å². The molecule has 0 aliphatic carbocycles. The number of hydrogen-bond donors (Lipinski definition) is 1. The molecule has 0 N–H and O–H groups in total. The Morgan fingerprint density at radius 1 is 1.46 bits per heavy atom. The lowest BCUT2D eigenvalue weighted by Crippen LogP contribution is -1.84. The van der Waals surface area contributed by atoms with Gasteiger partial charge in [-0.2, -0.15) is 12.6 Å². The summed E-state index contributed by atoms with van der Waals surface area (Å²) in [7, 11) is 1.69. The van der Waals surface area contributed by atoms with Gasteiger partial charge < -0.3 is 4.74 Å². The molecule has 1 aromatic carbocycles. The zero-order valence-corrected chi connectivity index (χ0v) is 9.41. The molecule has 0 amide bonds. The van der Waals surface area contributed by atoms with E-state index in [1.807, 2.05) is 23.9 Å². The van der Waals surface area contributed by atoms with E-state index in [9.17, 15) is 0 Å². The fourth-order valence-corrected chi connectivity index (χ4v) is 2.22. The third-order valence-electron chi connectivity index (χ3n) is 1.61. The van der Waals surface area contributed by atoms with Crippen LogP contribution < -0.4 is 4.74 Å². The lowest BCUT2D eigenvalue weighted by Gasteiger charge is -2.03. The Morgan fingerprint density at radius 2 is 2.31 bits per heavy atom. The zero-order valence-electron chi connectivity index (χ0n) is 7.69. The van der Waals surface area contributed by atoms with Crippen LogP contribution in [0.3, 0.4) is 0 Å². The normalized spacial score (nSPS) is 10.0. The van der Waals surface area contributed by atoms with Crippen molar-refractivity contribution in [2.45, 2.75) is 11.3 Å². The SMILES string of the molecule is COc1cccc(SCCCS)c1. The van der Waals surface area contributed by atoms with Crippen LogP contribution in [-0.4, -0.2) is 18.6 Å². The first kappa shape index (κ1) is 10.8. The Morgan fingerprint density at radius 3 is 3.00 bits per heavy atom. The van der Waals surface area contributed by atoms with Gasteiger partial charge in [0.05, 0.1) is 7.11 Å². The Hall–Kier alpha value is -0.280. The van der Waals surface area contributed by atoms with Crippen molar-refractivity contribution in [1.82, 2.24) is 0 Å². The number of methoxy groups -OCH3 is 1. The summed E-state index contributed by atoms with van der Waals surface area (Å²) in [4.78, 5) is 1.26. The second-order valence-electron chi connectivity index (χ2n) is 2.60. The van der Waals surface area contributed by atoms with E-state index in [2.05, 4.69) is 24.8 Å². The molecule has 0 unspecified atom stereocenters. The van der Waals surface area contributed by atoms with E-state index in [0.29, 0.717) is 0 Å². The van der Waals surface area contributed by atoms with E-state index in [1.165, 1.54) is 4.90 Å². The second kappa shape index (κ2) is 6.22. The summed E-state index contributed by atoms with van der Waals surface area (Å²) in [5.74, 6) is 3.00. The lowest BCUT2D eigenvalue weighted by molar-refractivity contribution is 0.413. The number of thiol groups is 1. The molecule has 0 saturated carbocycles. The van der Waals surface area contributed by atoms with Crippen LogP contribution in [-0.2, 0) is 0 Å². The predicted octanol–water partition coefficient (Wildman–Crippen LogP) is 3.11. The number of rotatable bonds is 5. The largest absolute Gasteiger partial charge is 0.497 e. The van der Waals surface area contributed by atoms with Crippen molar-refractivity contribution in [3.05, 3.63) is 24.3 Å². The highest BCUT2D eigenvalue weighted by atomic mass is 32.2. The van der Waals surface area contributed by atoms with Crippen LogP contribution in [0.4, 0.5) is 0 Å². The first-order valence-electron chi connectivity index (χ1n) is 4.24. The van der Waals surface area contributed by atoms with Crippen molar-refractivity contribution < 1.29 is 4.74 Å². The van der Waals surface area contributed by atoms with Crippen LogP contribution in [0.5, 0.6) is 5.75 Å². The molecular formula is C10H14OS2. The highest BCUT2D eigenvalue weighted by Gasteiger charge is 1.95. The van der Waals surface area contributed by atoms with E-state index in [4.69, 9.17) is 4.74 Å². The Bertz CT molecular complexity index is 250. The molecule has 0 radical (unpaired) electrons. The summed E-state index contributed by atoms with van der Waals surface area (Å²) in [6.07, 6.45) is 1.14. The molecule has 0 aromatic heterocycles. The van der Waals surface area contributed by atoms with Crippen LogP contribution in [0, 0.1) is 0 Å². The molecule has 0 fully saturated rings. The van der Waals surface area contributed by atoms with Crippen LogP contribution in [0.15, 0.2) is 29.2 Å². The van der Waals surface area contributed by atoms with Crippen LogP contribution >= 0.6 is 24.4 Å². The minimum atomic E-state index is 0.927. The molecule has 1 aromatic rings. The quantitative estimate of drug-likeness (QED) is 0.458. The van der Waals surface area contributed by atoms with Gasteiger partial charge in [-0.3, -0.25) is 0 Å². The molecule has 3 heteroatoms. The summed E-state index contributed by atoms with van der Waals surface area (Å²) in [5.41, 5.74) is 0. The van der Waals surface area contributed by atoms with E-state index >= 15 is 0 Å². The van der Waals surface area contributed by atoms with Crippen molar-refractivity contribution in [3.63, 3.8) is 0 Å². The van der Waals surface area contributed by atoms with Crippen molar-refractivity contribution >= 4 is 24.4 Å². The summed E-state index contributed by atoms with van der Waals surface area (Å²) in [5, 5.41) is 0. The van der Waals surface area contributed by atoms with Gasteiger partial charge in [-0.1, -0.05) is 6.07 Å². The lowest BCUT2D eigenvalue weighted by atomic mass is 10.3. The standard InChI is InChI=1S/C10H14OS2/c1-11-9-4-2-5-10(8-9)13-7-3-6-12/h2,4-5,8,12H,3,6-7H2,1H3. The van der Waals surface area contributed by atoms with Gasteiger partial charge in [0, 0.05) is 4.90 Å². The fourth-order valence-electron chi connectivity index (χ4n) is 0.946.